The van der Waals surface area contributed by atoms with Crippen LogP contribution in [0.2, 0.25) is 0 Å². The van der Waals surface area contributed by atoms with Crippen LogP contribution in [-0.2, 0) is 0 Å². The number of hydrogen-bond acceptors (Lipinski definition) is 4. The predicted octanol–water partition coefficient (Wildman–Crippen LogP) is 0.387. The summed E-state index contributed by atoms with van der Waals surface area (Å²) in [5.74, 6) is 0.689. The SMILES string of the molecule is CC1NN2CCN(C#N)CCC2C1C. The Hall–Kier alpha value is -0.790. The van der Waals surface area contributed by atoms with Crippen LogP contribution >= 0.6 is 0 Å². The molecule has 4 heteroatoms. The molecule has 2 saturated heterocycles. The summed E-state index contributed by atoms with van der Waals surface area (Å²) in [4.78, 5) is 1.86. The highest BCUT2D eigenvalue weighted by molar-refractivity contribution is 4.92. The average molecular weight is 194 g/mol. The van der Waals surface area contributed by atoms with Crippen LogP contribution in [0.4, 0.5) is 0 Å². The molecule has 0 saturated carbocycles. The monoisotopic (exact) mass is 194 g/mol. The van der Waals surface area contributed by atoms with Gasteiger partial charge in [-0.2, -0.15) is 5.26 Å². The third-order valence-corrected chi connectivity index (χ3v) is 3.61. The second-order valence-electron chi connectivity index (χ2n) is 4.41. The van der Waals surface area contributed by atoms with Crippen LogP contribution in [0.5, 0.6) is 0 Å². The molecule has 0 bridgehead atoms. The quantitative estimate of drug-likeness (QED) is 0.566. The van der Waals surface area contributed by atoms with E-state index in [0.717, 1.165) is 26.1 Å². The molecule has 0 aromatic heterocycles. The van der Waals surface area contributed by atoms with Gasteiger partial charge in [-0.3, -0.25) is 5.43 Å². The van der Waals surface area contributed by atoms with E-state index < -0.39 is 0 Å². The molecule has 0 amide bonds. The molecule has 78 valence electrons. The van der Waals surface area contributed by atoms with E-state index in [9.17, 15) is 0 Å². The normalized spacial score (nSPS) is 38.9. The topological polar surface area (TPSA) is 42.3 Å². The van der Waals surface area contributed by atoms with Crippen LogP contribution in [-0.4, -0.2) is 41.6 Å². The van der Waals surface area contributed by atoms with Crippen molar-refractivity contribution in [3.63, 3.8) is 0 Å². The Bertz CT molecular complexity index is 247. The first-order chi connectivity index (χ1) is 6.72. The molecule has 2 fully saturated rings. The summed E-state index contributed by atoms with van der Waals surface area (Å²) in [6.07, 6.45) is 3.34. The second-order valence-corrected chi connectivity index (χ2v) is 4.41. The Morgan fingerprint density at radius 3 is 2.79 bits per heavy atom. The van der Waals surface area contributed by atoms with Crippen LogP contribution < -0.4 is 5.43 Å². The minimum Gasteiger partial charge on any atom is -0.309 e. The predicted molar refractivity (Wildman–Crippen MR) is 54.1 cm³/mol. The van der Waals surface area contributed by atoms with Crippen LogP contribution in [0.15, 0.2) is 0 Å². The molecule has 0 aromatic rings. The fourth-order valence-electron chi connectivity index (χ4n) is 2.47. The Kier molecular flexibility index (Phi) is 2.62. The average Bonchev–Trinajstić information content (AvgIpc) is 2.40. The molecule has 0 aliphatic carbocycles. The van der Waals surface area contributed by atoms with Gasteiger partial charge in [0.15, 0.2) is 6.19 Å². The van der Waals surface area contributed by atoms with Gasteiger partial charge in [-0.15, -0.1) is 0 Å². The number of fused-ring (bicyclic) bond motifs is 1. The molecule has 2 aliphatic heterocycles. The summed E-state index contributed by atoms with van der Waals surface area (Å²) in [6.45, 7) is 7.27. The van der Waals surface area contributed by atoms with Crippen LogP contribution in [0.25, 0.3) is 0 Å². The molecular formula is C10H18N4. The first-order valence-electron chi connectivity index (χ1n) is 5.40. The highest BCUT2D eigenvalue weighted by Crippen LogP contribution is 2.25. The minimum absolute atomic E-state index is 0.577. The number of nitriles is 1. The molecule has 3 unspecified atom stereocenters. The lowest BCUT2D eigenvalue weighted by Gasteiger charge is -2.21. The molecule has 3 atom stereocenters. The van der Waals surface area contributed by atoms with Gasteiger partial charge in [0.1, 0.15) is 0 Å². The number of hydrogen-bond donors (Lipinski definition) is 1. The molecule has 0 aromatic carbocycles. The summed E-state index contributed by atoms with van der Waals surface area (Å²) in [6, 6.07) is 1.19. The molecule has 2 aliphatic rings. The lowest BCUT2D eigenvalue weighted by Crippen LogP contribution is -2.40. The lowest BCUT2D eigenvalue weighted by atomic mass is 9.95. The molecular weight excluding hydrogens is 176 g/mol. The zero-order chi connectivity index (χ0) is 10.1. The van der Waals surface area contributed by atoms with E-state index in [1.807, 2.05) is 4.90 Å². The largest absolute Gasteiger partial charge is 0.309 e. The van der Waals surface area contributed by atoms with Gasteiger partial charge in [0.25, 0.3) is 0 Å². The van der Waals surface area contributed by atoms with E-state index in [1.54, 1.807) is 0 Å². The summed E-state index contributed by atoms with van der Waals surface area (Å²) >= 11 is 0. The molecule has 2 rings (SSSR count). The minimum atomic E-state index is 0.577. The second kappa shape index (κ2) is 3.76. The van der Waals surface area contributed by atoms with Crippen molar-refractivity contribution in [2.24, 2.45) is 5.92 Å². The molecule has 4 nitrogen and oxygen atoms in total. The van der Waals surface area contributed by atoms with Crippen molar-refractivity contribution in [2.45, 2.75) is 32.4 Å². The Morgan fingerprint density at radius 2 is 2.07 bits per heavy atom. The maximum Gasteiger partial charge on any atom is 0.179 e. The summed E-state index contributed by atoms with van der Waals surface area (Å²) in [5.41, 5.74) is 3.49. The maximum atomic E-state index is 8.83. The standard InChI is InChI=1S/C10H18N4/c1-8-9(2)12-14-6-5-13(7-11)4-3-10(8)14/h8-10,12H,3-6H2,1-2H3. The first kappa shape index (κ1) is 9.75. The van der Waals surface area contributed by atoms with Gasteiger partial charge in [-0.25, -0.2) is 5.01 Å². The van der Waals surface area contributed by atoms with Gasteiger partial charge in [0.2, 0.25) is 0 Å². The van der Waals surface area contributed by atoms with E-state index in [4.69, 9.17) is 5.26 Å². The number of rotatable bonds is 0. The van der Waals surface area contributed by atoms with Crippen molar-refractivity contribution in [3.8, 4) is 6.19 Å². The van der Waals surface area contributed by atoms with Crippen LogP contribution in [0.3, 0.4) is 0 Å². The van der Waals surface area contributed by atoms with Crippen molar-refractivity contribution in [1.82, 2.24) is 15.3 Å². The fourth-order valence-corrected chi connectivity index (χ4v) is 2.47. The number of nitrogens with zero attached hydrogens (tertiary/aromatic N) is 3. The van der Waals surface area contributed by atoms with E-state index in [2.05, 4.69) is 30.5 Å². The third-order valence-electron chi connectivity index (χ3n) is 3.61. The van der Waals surface area contributed by atoms with Gasteiger partial charge >= 0.3 is 0 Å². The van der Waals surface area contributed by atoms with Gasteiger partial charge in [-0.05, 0) is 19.3 Å². The fraction of sp³-hybridized carbons (Fsp3) is 0.900. The maximum absolute atomic E-state index is 8.83. The van der Waals surface area contributed by atoms with Crippen LogP contribution in [0.1, 0.15) is 20.3 Å². The highest BCUT2D eigenvalue weighted by atomic mass is 15.6. The van der Waals surface area contributed by atoms with E-state index in [1.165, 1.54) is 0 Å². The third kappa shape index (κ3) is 1.58. The Labute approximate surface area is 85.4 Å². The van der Waals surface area contributed by atoms with Crippen molar-refractivity contribution >= 4 is 0 Å². The van der Waals surface area contributed by atoms with Crippen molar-refractivity contribution < 1.29 is 0 Å². The van der Waals surface area contributed by atoms with Gasteiger partial charge in [0.05, 0.1) is 0 Å². The van der Waals surface area contributed by atoms with Crippen LogP contribution in [0, 0.1) is 17.4 Å². The zero-order valence-corrected chi connectivity index (χ0v) is 8.90. The Balaban J connectivity index is 2.03. The van der Waals surface area contributed by atoms with Crippen molar-refractivity contribution in [2.75, 3.05) is 19.6 Å². The van der Waals surface area contributed by atoms with E-state index >= 15 is 0 Å². The van der Waals surface area contributed by atoms with Gasteiger partial charge < -0.3 is 4.90 Å². The molecule has 0 radical (unpaired) electrons. The lowest BCUT2D eigenvalue weighted by molar-refractivity contribution is 0.181. The number of nitrogens with one attached hydrogen (secondary N) is 1. The highest BCUT2D eigenvalue weighted by Gasteiger charge is 2.37. The van der Waals surface area contributed by atoms with Gasteiger partial charge in [-0.1, -0.05) is 6.92 Å². The summed E-state index contributed by atoms with van der Waals surface area (Å²) in [7, 11) is 0. The molecule has 0 spiro atoms. The van der Waals surface area contributed by atoms with E-state index in [0.29, 0.717) is 18.0 Å². The number of hydrazine groups is 1. The van der Waals surface area contributed by atoms with E-state index in [-0.39, 0.29) is 0 Å². The van der Waals surface area contributed by atoms with Gasteiger partial charge in [0, 0.05) is 31.7 Å². The summed E-state index contributed by atoms with van der Waals surface area (Å²) < 4.78 is 0. The Morgan fingerprint density at radius 1 is 1.29 bits per heavy atom. The first-order valence-corrected chi connectivity index (χ1v) is 5.40. The molecule has 2 heterocycles. The van der Waals surface area contributed by atoms with Crippen molar-refractivity contribution in [1.29, 1.82) is 5.26 Å². The molecule has 14 heavy (non-hydrogen) atoms. The van der Waals surface area contributed by atoms with Crippen molar-refractivity contribution in [3.05, 3.63) is 0 Å². The zero-order valence-electron chi connectivity index (χ0n) is 8.90. The summed E-state index contributed by atoms with van der Waals surface area (Å²) in [5, 5.41) is 11.2. The smallest absolute Gasteiger partial charge is 0.179 e. The molecule has 1 N–H and O–H groups in total.